The highest BCUT2D eigenvalue weighted by atomic mass is 16.3. The Balaban J connectivity index is 1.60. The van der Waals surface area contributed by atoms with Gasteiger partial charge in [0.05, 0.1) is 12.6 Å². The molecule has 0 radical (unpaired) electrons. The molecule has 1 N–H and O–H groups in total. The lowest BCUT2D eigenvalue weighted by Crippen LogP contribution is -2.39. The van der Waals surface area contributed by atoms with Crippen molar-refractivity contribution in [2.24, 2.45) is 0 Å². The number of amides is 2. The minimum atomic E-state index is -0.731. The number of aryl methyl sites for hydroxylation is 1. The van der Waals surface area contributed by atoms with E-state index in [0.29, 0.717) is 19.4 Å². The van der Waals surface area contributed by atoms with Gasteiger partial charge in [-0.1, -0.05) is 60.7 Å². The second-order valence-corrected chi connectivity index (χ2v) is 6.67. The van der Waals surface area contributed by atoms with E-state index < -0.39 is 6.10 Å². The van der Waals surface area contributed by atoms with Gasteiger partial charge in [0.25, 0.3) is 0 Å². The first-order chi connectivity index (χ1) is 12.6. The maximum Gasteiger partial charge on any atom is 0.242 e. The topological polar surface area (TPSA) is 60.9 Å². The molecule has 5 heteroatoms. The number of carbonyl (C=O) groups excluding carboxylic acids is 2. The van der Waals surface area contributed by atoms with Crippen molar-refractivity contribution < 1.29 is 14.7 Å². The van der Waals surface area contributed by atoms with Crippen LogP contribution in [0.1, 0.15) is 17.5 Å². The summed E-state index contributed by atoms with van der Waals surface area (Å²) in [4.78, 5) is 28.2. The van der Waals surface area contributed by atoms with E-state index in [1.165, 1.54) is 4.90 Å². The summed E-state index contributed by atoms with van der Waals surface area (Å²) in [6, 6.07) is 19.5. The molecule has 3 rings (SSSR count). The lowest BCUT2D eigenvalue weighted by Gasteiger charge is -2.22. The van der Waals surface area contributed by atoms with Gasteiger partial charge in [0.1, 0.15) is 0 Å². The maximum atomic E-state index is 12.6. The third-order valence-corrected chi connectivity index (χ3v) is 4.58. The van der Waals surface area contributed by atoms with Gasteiger partial charge in [-0.15, -0.1) is 0 Å². The summed E-state index contributed by atoms with van der Waals surface area (Å²) in [5.74, 6) is -0.221. The summed E-state index contributed by atoms with van der Waals surface area (Å²) in [5, 5.41) is 10.3. The minimum Gasteiger partial charge on any atom is -0.389 e. The highest BCUT2D eigenvalue weighted by Gasteiger charge is 2.29. The Hall–Kier alpha value is -2.66. The van der Waals surface area contributed by atoms with Crippen molar-refractivity contribution in [3.63, 3.8) is 0 Å². The average Bonchev–Trinajstić information content (AvgIpc) is 2.80. The SMILES string of the molecule is O=C(CCc1ccccc1)N1CC(=O)N(Cc2ccccc2)CC(O)C1. The highest BCUT2D eigenvalue weighted by molar-refractivity contribution is 5.85. The molecule has 1 unspecified atom stereocenters. The van der Waals surface area contributed by atoms with Gasteiger partial charge in [0.2, 0.25) is 11.8 Å². The fourth-order valence-electron chi connectivity index (χ4n) is 3.20. The van der Waals surface area contributed by atoms with Crippen LogP contribution in [0.25, 0.3) is 0 Å². The van der Waals surface area contributed by atoms with Crippen LogP contribution in [-0.4, -0.2) is 52.5 Å². The van der Waals surface area contributed by atoms with E-state index in [9.17, 15) is 14.7 Å². The zero-order valence-electron chi connectivity index (χ0n) is 14.8. The highest BCUT2D eigenvalue weighted by Crippen LogP contribution is 2.12. The van der Waals surface area contributed by atoms with Crippen LogP contribution < -0.4 is 0 Å². The normalized spacial score (nSPS) is 17.9. The van der Waals surface area contributed by atoms with Crippen LogP contribution in [0.5, 0.6) is 0 Å². The summed E-state index contributed by atoms with van der Waals surface area (Å²) in [5.41, 5.74) is 2.10. The van der Waals surface area contributed by atoms with E-state index >= 15 is 0 Å². The summed E-state index contributed by atoms with van der Waals surface area (Å²) < 4.78 is 0. The Morgan fingerprint density at radius 3 is 2.23 bits per heavy atom. The molecule has 1 atom stereocenters. The molecular formula is C21H24N2O3. The molecule has 0 aromatic heterocycles. The number of aliphatic hydroxyl groups is 1. The fraction of sp³-hybridized carbons (Fsp3) is 0.333. The van der Waals surface area contributed by atoms with Gasteiger partial charge < -0.3 is 14.9 Å². The minimum absolute atomic E-state index is 0.0253. The molecule has 26 heavy (non-hydrogen) atoms. The maximum absolute atomic E-state index is 12.6. The van der Waals surface area contributed by atoms with Crippen LogP contribution >= 0.6 is 0 Å². The predicted molar refractivity (Wildman–Crippen MR) is 99.2 cm³/mol. The van der Waals surface area contributed by atoms with Gasteiger partial charge in [0, 0.05) is 26.1 Å². The van der Waals surface area contributed by atoms with Crippen molar-refractivity contribution >= 4 is 11.8 Å². The molecule has 0 aliphatic carbocycles. The molecular weight excluding hydrogens is 328 g/mol. The molecule has 5 nitrogen and oxygen atoms in total. The second-order valence-electron chi connectivity index (χ2n) is 6.67. The van der Waals surface area contributed by atoms with Gasteiger partial charge in [-0.3, -0.25) is 9.59 Å². The molecule has 0 bridgehead atoms. The molecule has 0 spiro atoms. The van der Waals surface area contributed by atoms with Gasteiger partial charge in [-0.25, -0.2) is 0 Å². The zero-order chi connectivity index (χ0) is 18.4. The number of carbonyl (C=O) groups is 2. The van der Waals surface area contributed by atoms with Crippen molar-refractivity contribution in [3.05, 3.63) is 71.8 Å². The van der Waals surface area contributed by atoms with Crippen molar-refractivity contribution in [3.8, 4) is 0 Å². The summed E-state index contributed by atoms with van der Waals surface area (Å²) in [6.45, 7) is 0.918. The summed E-state index contributed by atoms with van der Waals surface area (Å²) in [6.07, 6.45) is 0.238. The third kappa shape index (κ3) is 4.92. The molecule has 2 aromatic carbocycles. The Morgan fingerprint density at radius 2 is 1.58 bits per heavy atom. The molecule has 136 valence electrons. The molecule has 1 saturated heterocycles. The smallest absolute Gasteiger partial charge is 0.242 e. The van der Waals surface area contributed by atoms with Crippen LogP contribution in [0.3, 0.4) is 0 Å². The summed E-state index contributed by atoms with van der Waals surface area (Å²) in [7, 11) is 0. The number of nitrogens with zero attached hydrogens (tertiary/aromatic N) is 2. The molecule has 2 aromatic rings. The van der Waals surface area contributed by atoms with E-state index in [2.05, 4.69) is 0 Å². The number of hydrogen-bond donors (Lipinski definition) is 1. The second kappa shape index (κ2) is 8.63. The standard InChI is InChI=1S/C21H24N2O3/c24-19-14-22(13-18-9-5-2-6-10-18)21(26)16-23(15-19)20(25)12-11-17-7-3-1-4-8-17/h1-10,19,24H,11-16H2. The first-order valence-electron chi connectivity index (χ1n) is 8.93. The number of rotatable bonds is 5. The quantitative estimate of drug-likeness (QED) is 0.893. The third-order valence-electron chi connectivity index (χ3n) is 4.58. The van der Waals surface area contributed by atoms with Gasteiger partial charge in [-0.05, 0) is 17.5 Å². The van der Waals surface area contributed by atoms with Crippen LogP contribution in [0.4, 0.5) is 0 Å². The van der Waals surface area contributed by atoms with E-state index in [-0.39, 0.29) is 31.4 Å². The molecule has 0 saturated carbocycles. The lowest BCUT2D eigenvalue weighted by atomic mass is 10.1. The predicted octanol–water partition coefficient (Wildman–Crippen LogP) is 1.85. The number of benzene rings is 2. The largest absolute Gasteiger partial charge is 0.389 e. The fourth-order valence-corrected chi connectivity index (χ4v) is 3.20. The molecule has 2 amide bonds. The first kappa shape index (κ1) is 18.1. The van der Waals surface area contributed by atoms with E-state index in [1.807, 2.05) is 60.7 Å². The van der Waals surface area contributed by atoms with Crippen molar-refractivity contribution in [1.82, 2.24) is 9.80 Å². The van der Waals surface area contributed by atoms with Crippen LogP contribution in [0.2, 0.25) is 0 Å². The summed E-state index contributed by atoms with van der Waals surface area (Å²) >= 11 is 0. The van der Waals surface area contributed by atoms with Crippen LogP contribution in [-0.2, 0) is 22.6 Å². The first-order valence-corrected chi connectivity index (χ1v) is 8.93. The monoisotopic (exact) mass is 352 g/mol. The Kier molecular flexibility index (Phi) is 6.02. The lowest BCUT2D eigenvalue weighted by molar-refractivity contribution is -0.139. The molecule has 1 aliphatic rings. The van der Waals surface area contributed by atoms with Crippen LogP contribution in [0, 0.1) is 0 Å². The molecule has 1 fully saturated rings. The Bertz CT molecular complexity index is 733. The Morgan fingerprint density at radius 1 is 0.962 bits per heavy atom. The number of hydrogen-bond acceptors (Lipinski definition) is 3. The van der Waals surface area contributed by atoms with Crippen molar-refractivity contribution in [2.75, 3.05) is 19.6 Å². The molecule has 1 heterocycles. The molecule has 1 aliphatic heterocycles. The van der Waals surface area contributed by atoms with E-state index in [0.717, 1.165) is 11.1 Å². The van der Waals surface area contributed by atoms with Crippen molar-refractivity contribution in [2.45, 2.75) is 25.5 Å². The number of aliphatic hydroxyl groups excluding tert-OH is 1. The van der Waals surface area contributed by atoms with Gasteiger partial charge >= 0.3 is 0 Å². The zero-order valence-corrected chi connectivity index (χ0v) is 14.8. The average molecular weight is 352 g/mol. The van der Waals surface area contributed by atoms with Crippen LogP contribution in [0.15, 0.2) is 60.7 Å². The van der Waals surface area contributed by atoms with Crippen molar-refractivity contribution in [1.29, 1.82) is 0 Å². The van der Waals surface area contributed by atoms with E-state index in [4.69, 9.17) is 0 Å². The number of β-amino-alcohol motifs (C(OH)–C–C–N with tert-alkyl or cyclic N) is 1. The van der Waals surface area contributed by atoms with Gasteiger partial charge in [0.15, 0.2) is 0 Å². The van der Waals surface area contributed by atoms with Gasteiger partial charge in [-0.2, -0.15) is 0 Å². The Labute approximate surface area is 153 Å². The van der Waals surface area contributed by atoms with E-state index in [1.54, 1.807) is 4.90 Å².